The van der Waals surface area contributed by atoms with Gasteiger partial charge in [0.05, 0.1) is 0 Å². The highest BCUT2D eigenvalue weighted by Crippen LogP contribution is 2.07. The van der Waals surface area contributed by atoms with Crippen LogP contribution >= 0.6 is 0 Å². The minimum Gasteiger partial charge on any atom is -0.429 e. The van der Waals surface area contributed by atoms with E-state index in [1.807, 2.05) is 6.07 Å². The number of hydrogen-bond acceptors (Lipinski definition) is 1. The highest BCUT2D eigenvalue weighted by Gasteiger charge is 1.94. The van der Waals surface area contributed by atoms with E-state index >= 15 is 0 Å². The van der Waals surface area contributed by atoms with E-state index in [-0.39, 0.29) is 0 Å². The van der Waals surface area contributed by atoms with Crippen LogP contribution in [0.1, 0.15) is 38.2 Å². The minimum absolute atomic E-state index is 1.09. The summed E-state index contributed by atoms with van der Waals surface area (Å²) in [6.07, 6.45) is 9.67. The number of hydrogen-bond donors (Lipinski definition) is 1. The first-order chi connectivity index (χ1) is 5.83. The van der Waals surface area contributed by atoms with Gasteiger partial charge in [-0.1, -0.05) is 26.2 Å². The molecule has 2 nitrogen and oxygen atoms in total. The summed E-state index contributed by atoms with van der Waals surface area (Å²) in [7, 11) is 0. The van der Waals surface area contributed by atoms with Crippen molar-refractivity contribution in [1.82, 2.24) is 4.73 Å². The van der Waals surface area contributed by atoms with Crippen LogP contribution in [-0.2, 0) is 6.42 Å². The van der Waals surface area contributed by atoms with Gasteiger partial charge < -0.3 is 5.21 Å². The average Bonchev–Trinajstić information content (AvgIpc) is 2.45. The molecule has 68 valence electrons. The molecule has 0 aromatic carbocycles. The largest absolute Gasteiger partial charge is 0.429 e. The molecular formula is C10H17NO. The molecule has 1 aromatic heterocycles. The summed E-state index contributed by atoms with van der Waals surface area (Å²) in [6, 6.07) is 1.96. The second-order valence-electron chi connectivity index (χ2n) is 3.21. The van der Waals surface area contributed by atoms with E-state index in [2.05, 4.69) is 6.92 Å². The third kappa shape index (κ3) is 2.99. The summed E-state index contributed by atoms with van der Waals surface area (Å²) >= 11 is 0. The van der Waals surface area contributed by atoms with Gasteiger partial charge in [0.25, 0.3) is 0 Å². The molecule has 0 saturated heterocycles. The molecular weight excluding hydrogens is 150 g/mol. The van der Waals surface area contributed by atoms with Crippen LogP contribution < -0.4 is 0 Å². The smallest absolute Gasteiger partial charge is 0.0464 e. The molecule has 0 fully saturated rings. The Morgan fingerprint density at radius 1 is 1.33 bits per heavy atom. The summed E-state index contributed by atoms with van der Waals surface area (Å²) in [6.45, 7) is 2.21. The van der Waals surface area contributed by atoms with E-state index in [0.717, 1.165) is 11.2 Å². The molecule has 0 bridgehead atoms. The highest BCUT2D eigenvalue weighted by molar-refractivity contribution is 5.08. The number of unbranched alkanes of at least 4 members (excludes halogenated alkanes) is 3. The molecule has 0 aliphatic rings. The molecule has 1 aromatic rings. The maximum atomic E-state index is 8.97. The van der Waals surface area contributed by atoms with Crippen LogP contribution in [0, 0.1) is 0 Å². The quantitative estimate of drug-likeness (QED) is 0.529. The van der Waals surface area contributed by atoms with Crippen molar-refractivity contribution in [2.45, 2.75) is 39.0 Å². The van der Waals surface area contributed by atoms with Crippen molar-refractivity contribution in [1.29, 1.82) is 0 Å². The van der Waals surface area contributed by atoms with Crippen LogP contribution in [0.2, 0.25) is 0 Å². The van der Waals surface area contributed by atoms with Crippen molar-refractivity contribution < 1.29 is 5.21 Å². The fourth-order valence-corrected chi connectivity index (χ4v) is 1.33. The number of aromatic nitrogens is 1. The minimum atomic E-state index is 1.09. The summed E-state index contributed by atoms with van der Waals surface area (Å²) in [4.78, 5) is 0. The summed E-state index contributed by atoms with van der Waals surface area (Å²) in [5, 5.41) is 8.97. The second-order valence-corrected chi connectivity index (χ2v) is 3.21. The predicted molar refractivity (Wildman–Crippen MR) is 49.5 cm³/mol. The van der Waals surface area contributed by atoms with Crippen LogP contribution in [-0.4, -0.2) is 9.94 Å². The van der Waals surface area contributed by atoms with Gasteiger partial charge in [0.1, 0.15) is 0 Å². The van der Waals surface area contributed by atoms with Crippen LogP contribution in [0.4, 0.5) is 0 Å². The lowest BCUT2D eigenvalue weighted by Gasteiger charge is -1.96. The number of nitrogens with zero attached hydrogens (tertiary/aromatic N) is 1. The molecule has 2 heteroatoms. The van der Waals surface area contributed by atoms with Gasteiger partial charge in [-0.15, -0.1) is 0 Å². The fourth-order valence-electron chi connectivity index (χ4n) is 1.33. The molecule has 0 unspecified atom stereocenters. The van der Waals surface area contributed by atoms with E-state index in [0.29, 0.717) is 0 Å². The first kappa shape index (κ1) is 9.17. The third-order valence-electron chi connectivity index (χ3n) is 2.06. The van der Waals surface area contributed by atoms with Gasteiger partial charge in [-0.25, -0.2) is 4.73 Å². The van der Waals surface area contributed by atoms with Gasteiger partial charge in [0.2, 0.25) is 0 Å². The molecule has 0 saturated carbocycles. The maximum Gasteiger partial charge on any atom is 0.0464 e. The van der Waals surface area contributed by atoms with Crippen molar-refractivity contribution in [2.75, 3.05) is 0 Å². The van der Waals surface area contributed by atoms with Gasteiger partial charge >= 0.3 is 0 Å². The molecule has 1 heterocycles. The van der Waals surface area contributed by atoms with Crippen molar-refractivity contribution in [3.05, 3.63) is 24.0 Å². The Labute approximate surface area is 73.8 Å². The van der Waals surface area contributed by atoms with E-state index in [4.69, 9.17) is 5.21 Å². The molecule has 12 heavy (non-hydrogen) atoms. The second kappa shape index (κ2) is 4.86. The molecule has 0 spiro atoms. The fraction of sp³-hybridized carbons (Fsp3) is 0.600. The standard InChI is InChI=1S/C10H17NO/c1-2-3-4-5-6-10-7-8-11(12)9-10/h7-9,12H,2-6H2,1H3. The third-order valence-corrected chi connectivity index (χ3v) is 2.06. The maximum absolute atomic E-state index is 8.97. The average molecular weight is 167 g/mol. The molecule has 0 aliphatic heterocycles. The Balaban J connectivity index is 2.15. The number of rotatable bonds is 5. The molecule has 0 radical (unpaired) electrons. The molecule has 1 rings (SSSR count). The highest BCUT2D eigenvalue weighted by atomic mass is 16.5. The first-order valence-corrected chi connectivity index (χ1v) is 4.69. The summed E-state index contributed by atoms with van der Waals surface area (Å²) < 4.78 is 1.12. The zero-order valence-electron chi connectivity index (χ0n) is 7.66. The topological polar surface area (TPSA) is 25.2 Å². The van der Waals surface area contributed by atoms with Crippen LogP contribution in [0.5, 0.6) is 0 Å². The van der Waals surface area contributed by atoms with Crippen LogP contribution in [0.3, 0.4) is 0 Å². The van der Waals surface area contributed by atoms with E-state index in [1.54, 1.807) is 12.4 Å². The Morgan fingerprint density at radius 2 is 2.17 bits per heavy atom. The Bertz CT molecular complexity index is 217. The first-order valence-electron chi connectivity index (χ1n) is 4.69. The lowest BCUT2D eigenvalue weighted by molar-refractivity contribution is 0.187. The van der Waals surface area contributed by atoms with E-state index in [1.165, 1.54) is 31.2 Å². The van der Waals surface area contributed by atoms with Crippen molar-refractivity contribution >= 4 is 0 Å². The zero-order chi connectivity index (χ0) is 8.81. The molecule has 0 atom stereocenters. The Kier molecular flexibility index (Phi) is 3.71. The molecule has 0 amide bonds. The Hall–Kier alpha value is -0.920. The van der Waals surface area contributed by atoms with Crippen molar-refractivity contribution in [3.63, 3.8) is 0 Å². The van der Waals surface area contributed by atoms with E-state index in [9.17, 15) is 0 Å². The van der Waals surface area contributed by atoms with Crippen LogP contribution in [0.15, 0.2) is 18.5 Å². The van der Waals surface area contributed by atoms with Crippen LogP contribution in [0.25, 0.3) is 0 Å². The van der Waals surface area contributed by atoms with Gasteiger partial charge in [-0.3, -0.25) is 0 Å². The van der Waals surface area contributed by atoms with Crippen molar-refractivity contribution in [3.8, 4) is 0 Å². The van der Waals surface area contributed by atoms with Crippen molar-refractivity contribution in [2.24, 2.45) is 0 Å². The molecule has 0 aliphatic carbocycles. The predicted octanol–water partition coefficient (Wildman–Crippen LogP) is 2.85. The van der Waals surface area contributed by atoms with Gasteiger partial charge in [-0.05, 0) is 24.5 Å². The number of aryl methyl sites for hydroxylation is 1. The Morgan fingerprint density at radius 3 is 2.75 bits per heavy atom. The lowest BCUT2D eigenvalue weighted by atomic mass is 10.1. The van der Waals surface area contributed by atoms with Gasteiger partial charge in [-0.2, -0.15) is 0 Å². The summed E-state index contributed by atoms with van der Waals surface area (Å²) in [5.74, 6) is 0. The van der Waals surface area contributed by atoms with Gasteiger partial charge in [0, 0.05) is 12.4 Å². The van der Waals surface area contributed by atoms with E-state index < -0.39 is 0 Å². The zero-order valence-corrected chi connectivity index (χ0v) is 7.66. The van der Waals surface area contributed by atoms with Gasteiger partial charge in [0.15, 0.2) is 0 Å². The lowest BCUT2D eigenvalue weighted by Crippen LogP contribution is -1.85. The summed E-state index contributed by atoms with van der Waals surface area (Å²) in [5.41, 5.74) is 1.23. The monoisotopic (exact) mass is 167 g/mol. The normalized spacial score (nSPS) is 10.4. The SMILES string of the molecule is CCCCCCc1ccn(O)c1. The molecule has 1 N–H and O–H groups in total.